The highest BCUT2D eigenvalue weighted by Crippen LogP contribution is 2.36. The molecule has 0 aliphatic carbocycles. The van der Waals surface area contributed by atoms with Crippen LogP contribution in [0.5, 0.6) is 0 Å². The molecular weight excluding hydrogens is 372 g/mol. The summed E-state index contributed by atoms with van der Waals surface area (Å²) in [7, 11) is 1.84. The molecule has 1 aromatic heterocycles. The molecule has 0 saturated carbocycles. The topological polar surface area (TPSA) is 67.2 Å². The van der Waals surface area contributed by atoms with Crippen molar-refractivity contribution in [2.45, 2.75) is 18.0 Å². The second kappa shape index (κ2) is 7.90. The van der Waals surface area contributed by atoms with Gasteiger partial charge in [-0.25, -0.2) is 0 Å². The summed E-state index contributed by atoms with van der Waals surface area (Å²) < 4.78 is 1.70. The number of hydrogen-bond donors (Lipinski definition) is 1. The summed E-state index contributed by atoms with van der Waals surface area (Å²) in [5.74, 6) is 0.287. The predicted octanol–water partition coefficient (Wildman–Crippen LogP) is 2.99. The van der Waals surface area contributed by atoms with Crippen molar-refractivity contribution >= 4 is 29.3 Å². The molecule has 0 radical (unpaired) electrons. The van der Waals surface area contributed by atoms with Crippen LogP contribution < -0.4 is 10.2 Å². The summed E-state index contributed by atoms with van der Waals surface area (Å²) >= 11 is 1.51. The van der Waals surface area contributed by atoms with E-state index in [9.17, 15) is 9.59 Å². The van der Waals surface area contributed by atoms with Crippen LogP contribution in [0.2, 0.25) is 0 Å². The molecule has 1 aliphatic heterocycles. The van der Waals surface area contributed by atoms with Crippen molar-refractivity contribution in [1.29, 1.82) is 0 Å². The lowest BCUT2D eigenvalue weighted by Gasteiger charge is -2.29. The van der Waals surface area contributed by atoms with Gasteiger partial charge in [0.2, 0.25) is 5.91 Å². The number of fused-ring (bicyclic) bond motifs is 1. The highest BCUT2D eigenvalue weighted by atomic mass is 32.2. The number of nitrogens with one attached hydrogen (secondary N) is 1. The van der Waals surface area contributed by atoms with Crippen molar-refractivity contribution in [3.63, 3.8) is 0 Å². The minimum absolute atomic E-state index is 0.0503. The van der Waals surface area contributed by atoms with Gasteiger partial charge in [-0.05, 0) is 23.8 Å². The van der Waals surface area contributed by atoms with E-state index in [1.165, 1.54) is 11.8 Å². The van der Waals surface area contributed by atoms with Crippen molar-refractivity contribution in [2.24, 2.45) is 7.05 Å². The minimum atomic E-state index is -0.172. The molecule has 0 bridgehead atoms. The molecule has 2 heterocycles. The molecule has 2 aromatic carbocycles. The molecule has 142 valence electrons. The number of aryl methyl sites for hydroxylation is 1. The SMILES string of the molecule is Cn1cc(CNC(=O)c2ccc3c(c2)N(Cc2ccccc2)C(=O)CS3)cn1. The normalized spacial score (nSPS) is 13.3. The molecule has 3 aromatic rings. The Labute approximate surface area is 167 Å². The lowest BCUT2D eigenvalue weighted by molar-refractivity contribution is -0.116. The number of anilines is 1. The van der Waals surface area contributed by atoms with Gasteiger partial charge in [0, 0.05) is 35.8 Å². The average Bonchev–Trinajstić information content (AvgIpc) is 3.14. The lowest BCUT2D eigenvalue weighted by atomic mass is 10.1. The van der Waals surface area contributed by atoms with Crippen molar-refractivity contribution in [3.05, 3.63) is 77.6 Å². The highest BCUT2D eigenvalue weighted by molar-refractivity contribution is 8.00. The van der Waals surface area contributed by atoms with E-state index in [1.54, 1.807) is 27.9 Å². The van der Waals surface area contributed by atoms with Gasteiger partial charge in [0.1, 0.15) is 0 Å². The van der Waals surface area contributed by atoms with Crippen LogP contribution in [0.1, 0.15) is 21.5 Å². The first-order chi connectivity index (χ1) is 13.6. The van der Waals surface area contributed by atoms with Gasteiger partial charge in [-0.2, -0.15) is 5.10 Å². The molecule has 0 fully saturated rings. The highest BCUT2D eigenvalue weighted by Gasteiger charge is 2.26. The zero-order chi connectivity index (χ0) is 19.5. The standard InChI is InChI=1S/C21H20N4O2S/c1-24-12-16(11-23-24)10-22-21(27)17-7-8-19-18(9-17)25(20(26)14-28-19)13-15-5-3-2-4-6-15/h2-9,11-12H,10,13-14H2,1H3,(H,22,27). The summed E-state index contributed by atoms with van der Waals surface area (Å²) in [5, 5.41) is 7.01. The first-order valence-corrected chi connectivity index (χ1v) is 9.95. The number of carbonyl (C=O) groups is 2. The molecule has 6 nitrogen and oxygen atoms in total. The minimum Gasteiger partial charge on any atom is -0.348 e. The Morgan fingerprint density at radius 3 is 2.75 bits per heavy atom. The van der Waals surface area contributed by atoms with E-state index in [0.29, 0.717) is 24.4 Å². The molecule has 4 rings (SSSR count). The van der Waals surface area contributed by atoms with Crippen molar-refractivity contribution < 1.29 is 9.59 Å². The monoisotopic (exact) mass is 392 g/mol. The maximum atomic E-state index is 12.6. The van der Waals surface area contributed by atoms with Crippen molar-refractivity contribution in [3.8, 4) is 0 Å². The largest absolute Gasteiger partial charge is 0.348 e. The number of rotatable bonds is 5. The van der Waals surface area contributed by atoms with Crippen LogP contribution in [0.3, 0.4) is 0 Å². The Balaban J connectivity index is 1.55. The zero-order valence-electron chi connectivity index (χ0n) is 15.5. The number of hydrogen-bond acceptors (Lipinski definition) is 4. The molecule has 0 spiro atoms. The Morgan fingerprint density at radius 2 is 2.00 bits per heavy atom. The third-order valence-corrected chi connectivity index (χ3v) is 5.61. The van der Waals surface area contributed by atoms with Crippen LogP contribution in [0.25, 0.3) is 0 Å². The van der Waals surface area contributed by atoms with Crippen LogP contribution in [0.15, 0.2) is 65.8 Å². The van der Waals surface area contributed by atoms with Crippen molar-refractivity contribution in [1.82, 2.24) is 15.1 Å². The van der Waals surface area contributed by atoms with Gasteiger partial charge < -0.3 is 10.2 Å². The fourth-order valence-electron chi connectivity index (χ4n) is 3.13. The summed E-state index contributed by atoms with van der Waals surface area (Å²) in [6.07, 6.45) is 3.59. The Morgan fingerprint density at radius 1 is 1.18 bits per heavy atom. The molecule has 0 saturated heterocycles. The van der Waals surface area contributed by atoms with Crippen LogP contribution in [0, 0.1) is 0 Å². The molecule has 7 heteroatoms. The Bertz CT molecular complexity index is 1020. The van der Waals surface area contributed by atoms with Crippen LogP contribution >= 0.6 is 11.8 Å². The smallest absolute Gasteiger partial charge is 0.251 e. The van der Waals surface area contributed by atoms with E-state index in [1.807, 2.05) is 49.6 Å². The maximum Gasteiger partial charge on any atom is 0.251 e. The fourth-order valence-corrected chi connectivity index (χ4v) is 4.05. The van der Waals surface area contributed by atoms with Crippen LogP contribution in [-0.4, -0.2) is 27.3 Å². The number of thioether (sulfide) groups is 1. The summed E-state index contributed by atoms with van der Waals surface area (Å²) in [6, 6.07) is 15.4. The molecular formula is C21H20N4O2S. The zero-order valence-corrected chi connectivity index (χ0v) is 16.3. The van der Waals surface area contributed by atoms with Crippen LogP contribution in [0.4, 0.5) is 5.69 Å². The number of aromatic nitrogens is 2. The molecule has 0 atom stereocenters. The van der Waals surface area contributed by atoms with Gasteiger partial charge in [-0.3, -0.25) is 14.3 Å². The number of benzene rings is 2. The Hall–Kier alpha value is -3.06. The second-order valence-corrected chi connectivity index (χ2v) is 7.66. The second-order valence-electron chi connectivity index (χ2n) is 6.64. The van der Waals surface area contributed by atoms with E-state index in [4.69, 9.17) is 0 Å². The average molecular weight is 392 g/mol. The first kappa shape index (κ1) is 18.3. The number of amides is 2. The van der Waals surface area contributed by atoms with Crippen LogP contribution in [-0.2, 0) is 24.9 Å². The number of nitrogens with zero attached hydrogens (tertiary/aromatic N) is 3. The predicted molar refractivity (Wildman–Crippen MR) is 109 cm³/mol. The quantitative estimate of drug-likeness (QED) is 0.725. The maximum absolute atomic E-state index is 12.6. The molecule has 1 aliphatic rings. The fraction of sp³-hybridized carbons (Fsp3) is 0.190. The van der Waals surface area contributed by atoms with E-state index >= 15 is 0 Å². The first-order valence-electron chi connectivity index (χ1n) is 8.97. The van der Waals surface area contributed by atoms with E-state index < -0.39 is 0 Å². The van der Waals surface area contributed by atoms with Gasteiger partial charge in [0.05, 0.1) is 24.2 Å². The van der Waals surface area contributed by atoms with Gasteiger partial charge in [-0.15, -0.1) is 11.8 Å². The third-order valence-electron chi connectivity index (χ3n) is 4.56. The van der Waals surface area contributed by atoms with Gasteiger partial charge in [0.15, 0.2) is 0 Å². The Kier molecular flexibility index (Phi) is 5.16. The summed E-state index contributed by atoms with van der Waals surface area (Å²) in [4.78, 5) is 27.9. The molecule has 28 heavy (non-hydrogen) atoms. The third kappa shape index (κ3) is 3.94. The van der Waals surface area contributed by atoms with Gasteiger partial charge >= 0.3 is 0 Å². The summed E-state index contributed by atoms with van der Waals surface area (Å²) in [6.45, 7) is 0.902. The van der Waals surface area contributed by atoms with Crippen molar-refractivity contribution in [2.75, 3.05) is 10.7 Å². The number of carbonyl (C=O) groups excluding carboxylic acids is 2. The lowest BCUT2D eigenvalue weighted by Crippen LogP contribution is -2.35. The molecule has 1 N–H and O–H groups in total. The van der Waals surface area contributed by atoms with Gasteiger partial charge in [0.25, 0.3) is 5.91 Å². The molecule has 0 unspecified atom stereocenters. The van der Waals surface area contributed by atoms with E-state index in [0.717, 1.165) is 21.7 Å². The van der Waals surface area contributed by atoms with Gasteiger partial charge in [-0.1, -0.05) is 30.3 Å². The van der Waals surface area contributed by atoms with E-state index in [2.05, 4.69) is 10.4 Å². The summed E-state index contributed by atoms with van der Waals surface area (Å²) in [5.41, 5.74) is 3.32. The molecule has 2 amide bonds. The van der Waals surface area contributed by atoms with E-state index in [-0.39, 0.29) is 11.8 Å².